The number of hydrogen-bond acceptors (Lipinski definition) is 4. The van der Waals surface area contributed by atoms with Gasteiger partial charge in [-0.15, -0.1) is 0 Å². The quantitative estimate of drug-likeness (QED) is 0.606. The molecule has 1 heterocycles. The first kappa shape index (κ1) is 20.3. The van der Waals surface area contributed by atoms with Crippen LogP contribution >= 0.6 is 0 Å². The van der Waals surface area contributed by atoms with Crippen LogP contribution in [-0.4, -0.2) is 30.9 Å². The van der Waals surface area contributed by atoms with Crippen molar-refractivity contribution in [3.63, 3.8) is 0 Å². The maximum Gasteiger partial charge on any atom is 0.329 e. The Morgan fingerprint density at radius 2 is 1.90 bits per heavy atom. The Morgan fingerprint density at radius 3 is 2.58 bits per heavy atom. The van der Waals surface area contributed by atoms with Gasteiger partial charge in [-0.25, -0.2) is 13.6 Å². The number of halogens is 3. The van der Waals surface area contributed by atoms with Crippen molar-refractivity contribution >= 4 is 5.97 Å². The molecule has 3 atom stereocenters. The van der Waals surface area contributed by atoms with Gasteiger partial charge in [-0.1, -0.05) is 0 Å². The Labute approximate surface area is 176 Å². The average Bonchev–Trinajstić information content (AvgIpc) is 3.37. The Kier molecular flexibility index (Phi) is 4.57. The van der Waals surface area contributed by atoms with Gasteiger partial charge < -0.3 is 19.3 Å². The van der Waals surface area contributed by atoms with Crippen LogP contribution in [0.15, 0.2) is 36.4 Å². The zero-order chi connectivity index (χ0) is 21.9. The minimum atomic E-state index is -1.11. The summed E-state index contributed by atoms with van der Waals surface area (Å²) in [5.74, 6) is -3.69. The number of carboxylic acids is 1. The second-order valence-electron chi connectivity index (χ2n) is 8.68. The molecular weight excluding hydrogens is 413 g/mol. The minimum absolute atomic E-state index is 0.132. The molecule has 3 aliphatic rings. The Bertz CT molecular complexity index is 1040. The first-order valence-electron chi connectivity index (χ1n) is 10.2. The first-order valence-corrected chi connectivity index (χ1v) is 10.2. The number of benzene rings is 2. The molecule has 3 unspecified atom stereocenters. The fraction of sp³-hybridized carbons (Fsp3) is 0.435. The van der Waals surface area contributed by atoms with Gasteiger partial charge in [0, 0.05) is 17.4 Å². The van der Waals surface area contributed by atoms with Crippen molar-refractivity contribution in [2.24, 2.45) is 10.8 Å². The molecule has 0 bridgehead atoms. The number of rotatable bonds is 8. The summed E-state index contributed by atoms with van der Waals surface area (Å²) in [5.41, 5.74) is -0.494. The van der Waals surface area contributed by atoms with Crippen molar-refractivity contribution in [2.75, 3.05) is 19.8 Å². The highest BCUT2D eigenvalue weighted by Gasteiger charge is 2.85. The zero-order valence-corrected chi connectivity index (χ0v) is 16.6. The van der Waals surface area contributed by atoms with Gasteiger partial charge in [-0.2, -0.15) is 4.39 Å². The van der Waals surface area contributed by atoms with Crippen LogP contribution in [0.3, 0.4) is 0 Å². The fourth-order valence-corrected chi connectivity index (χ4v) is 5.60. The van der Waals surface area contributed by atoms with E-state index in [-0.39, 0.29) is 28.9 Å². The zero-order valence-electron chi connectivity index (χ0n) is 16.6. The summed E-state index contributed by atoms with van der Waals surface area (Å²) in [4.78, 5) is 10.6. The predicted molar refractivity (Wildman–Crippen MR) is 102 cm³/mol. The van der Waals surface area contributed by atoms with Crippen molar-refractivity contribution < 1.29 is 37.3 Å². The molecule has 0 radical (unpaired) electrons. The normalized spacial score (nSPS) is 30.3. The van der Waals surface area contributed by atoms with Gasteiger partial charge in [0.15, 0.2) is 11.6 Å². The lowest BCUT2D eigenvalue weighted by Gasteiger charge is -2.48. The minimum Gasteiger partial charge on any atom is -0.480 e. The Morgan fingerprint density at radius 1 is 1.13 bits per heavy atom. The standard InChI is InChI=1S/C23H21F3O5/c24-15-1-3-16(4-2-15)31-18-10-14(9-17(25)20(18)26)23-6-5-22(23)12-21(22,13-30-23)7-8-29-11-19(27)28/h1-4,9-10H,5-8,11-13H2,(H,27,28). The van der Waals surface area contributed by atoms with Crippen LogP contribution in [0.25, 0.3) is 0 Å². The highest BCUT2D eigenvalue weighted by molar-refractivity contribution is 5.68. The van der Waals surface area contributed by atoms with E-state index in [9.17, 15) is 18.0 Å². The maximum absolute atomic E-state index is 14.5. The molecule has 5 nitrogen and oxygen atoms in total. The lowest BCUT2D eigenvalue weighted by Crippen LogP contribution is -2.46. The topological polar surface area (TPSA) is 65.0 Å². The van der Waals surface area contributed by atoms with Gasteiger partial charge in [0.2, 0.25) is 5.82 Å². The largest absolute Gasteiger partial charge is 0.480 e. The average molecular weight is 434 g/mol. The molecule has 0 aromatic heterocycles. The summed E-state index contributed by atoms with van der Waals surface area (Å²) in [7, 11) is 0. The van der Waals surface area contributed by atoms with Crippen LogP contribution in [0.5, 0.6) is 11.5 Å². The van der Waals surface area contributed by atoms with Gasteiger partial charge in [0.25, 0.3) is 0 Å². The molecule has 164 valence electrons. The van der Waals surface area contributed by atoms with Crippen LogP contribution < -0.4 is 4.74 Å². The number of carboxylic acid groups (broad SMARTS) is 1. The van der Waals surface area contributed by atoms with Crippen LogP contribution in [0.1, 0.15) is 31.2 Å². The van der Waals surface area contributed by atoms with Gasteiger partial charge in [0.1, 0.15) is 18.2 Å². The third-order valence-corrected chi connectivity index (χ3v) is 7.26. The maximum atomic E-state index is 14.5. The van der Waals surface area contributed by atoms with E-state index in [1.165, 1.54) is 36.4 Å². The monoisotopic (exact) mass is 434 g/mol. The number of hydrogen-bond donors (Lipinski definition) is 1. The molecular formula is C23H21F3O5. The Balaban J connectivity index is 1.39. The molecule has 2 aromatic carbocycles. The smallest absolute Gasteiger partial charge is 0.329 e. The second kappa shape index (κ2) is 6.97. The van der Waals surface area contributed by atoms with Crippen molar-refractivity contribution in [3.8, 4) is 11.5 Å². The summed E-state index contributed by atoms with van der Waals surface area (Å²) < 4.78 is 59.0. The first-order chi connectivity index (χ1) is 14.8. The predicted octanol–water partition coefficient (Wildman–Crippen LogP) is 4.78. The number of ether oxygens (including phenoxy) is 3. The number of aliphatic carboxylic acids is 1. The highest BCUT2D eigenvalue weighted by atomic mass is 19.2. The SMILES string of the molecule is O=C(O)COCCC12COC3(c4cc(F)c(F)c(Oc5ccc(F)cc5)c4)CCC13C2. The van der Waals surface area contributed by atoms with E-state index in [0.29, 0.717) is 31.6 Å². The molecule has 31 heavy (non-hydrogen) atoms. The molecule has 0 amide bonds. The van der Waals surface area contributed by atoms with Crippen molar-refractivity contribution in [1.82, 2.24) is 0 Å². The van der Waals surface area contributed by atoms with Crippen LogP contribution in [-0.2, 0) is 19.9 Å². The van der Waals surface area contributed by atoms with Crippen LogP contribution in [0.4, 0.5) is 13.2 Å². The highest BCUT2D eigenvalue weighted by Crippen LogP contribution is 2.86. The van der Waals surface area contributed by atoms with E-state index in [0.717, 1.165) is 12.8 Å². The molecule has 3 fully saturated rings. The van der Waals surface area contributed by atoms with Crippen LogP contribution in [0.2, 0.25) is 0 Å². The van der Waals surface area contributed by atoms with Gasteiger partial charge in [-0.3, -0.25) is 0 Å². The van der Waals surface area contributed by atoms with E-state index in [1.807, 2.05) is 0 Å². The summed E-state index contributed by atoms with van der Waals surface area (Å²) in [6.45, 7) is 0.434. The summed E-state index contributed by atoms with van der Waals surface area (Å²) in [6.07, 6.45) is 3.12. The molecule has 2 saturated carbocycles. The molecule has 5 rings (SSSR count). The summed E-state index contributed by atoms with van der Waals surface area (Å²) in [6, 6.07) is 7.69. The summed E-state index contributed by atoms with van der Waals surface area (Å²) in [5, 5.41) is 8.72. The second-order valence-corrected chi connectivity index (χ2v) is 8.68. The third-order valence-electron chi connectivity index (χ3n) is 7.26. The van der Waals surface area contributed by atoms with Crippen molar-refractivity contribution in [3.05, 3.63) is 59.4 Å². The molecule has 2 aromatic rings. The fourth-order valence-electron chi connectivity index (χ4n) is 5.60. The molecule has 8 heteroatoms. The number of carbonyl (C=O) groups is 1. The van der Waals surface area contributed by atoms with Gasteiger partial charge >= 0.3 is 5.97 Å². The molecule has 1 saturated heterocycles. The van der Waals surface area contributed by atoms with Gasteiger partial charge in [-0.05, 0) is 67.6 Å². The molecule has 1 N–H and O–H groups in total. The summed E-state index contributed by atoms with van der Waals surface area (Å²) >= 11 is 0. The lowest BCUT2D eigenvalue weighted by atomic mass is 9.60. The lowest BCUT2D eigenvalue weighted by molar-refractivity contribution is -0.142. The Hall–Kier alpha value is -2.58. The van der Waals surface area contributed by atoms with Crippen molar-refractivity contribution in [1.29, 1.82) is 0 Å². The van der Waals surface area contributed by atoms with Crippen LogP contribution in [0, 0.1) is 28.3 Å². The third kappa shape index (κ3) is 2.96. The van der Waals surface area contributed by atoms with E-state index >= 15 is 0 Å². The van der Waals surface area contributed by atoms with Gasteiger partial charge in [0.05, 0.1) is 12.2 Å². The van der Waals surface area contributed by atoms with E-state index < -0.39 is 29.0 Å². The molecule has 1 spiro atoms. The van der Waals surface area contributed by atoms with E-state index in [1.54, 1.807) is 0 Å². The van der Waals surface area contributed by atoms with E-state index in [4.69, 9.17) is 19.3 Å². The molecule has 2 aliphatic carbocycles. The van der Waals surface area contributed by atoms with Crippen molar-refractivity contribution in [2.45, 2.75) is 31.3 Å². The molecule has 1 aliphatic heterocycles. The van der Waals surface area contributed by atoms with E-state index in [2.05, 4.69) is 0 Å².